The van der Waals surface area contributed by atoms with Gasteiger partial charge in [0.2, 0.25) is 5.95 Å². The van der Waals surface area contributed by atoms with E-state index in [1.807, 2.05) is 0 Å². The van der Waals surface area contributed by atoms with E-state index in [0.717, 1.165) is 12.4 Å². The van der Waals surface area contributed by atoms with Crippen LogP contribution in [0.15, 0.2) is 6.07 Å². The number of rotatable bonds is 1. The number of nitrogens with zero attached hydrogens (tertiary/aromatic N) is 3. The fourth-order valence-corrected chi connectivity index (χ4v) is 2.37. The van der Waals surface area contributed by atoms with Crippen molar-refractivity contribution in [2.75, 3.05) is 17.2 Å². The summed E-state index contributed by atoms with van der Waals surface area (Å²) in [6.45, 7) is 5.44. The summed E-state index contributed by atoms with van der Waals surface area (Å²) < 4.78 is 0. The van der Waals surface area contributed by atoms with Gasteiger partial charge in [0, 0.05) is 18.7 Å². The fourth-order valence-electron chi connectivity index (χ4n) is 2.19. The van der Waals surface area contributed by atoms with Gasteiger partial charge < -0.3 is 10.6 Å². The standard InChI is InChI=1S/C10H15ClN4/c1-6-3-7(2)15(5-6)9-4-8(11)13-10(12)14-9/h4,6-7H,3,5H2,1-2H3,(H2,12,13,14). The number of hydrogen-bond donors (Lipinski definition) is 1. The summed E-state index contributed by atoms with van der Waals surface area (Å²) in [5.74, 6) is 1.77. The highest BCUT2D eigenvalue weighted by atomic mass is 35.5. The summed E-state index contributed by atoms with van der Waals surface area (Å²) in [6.07, 6.45) is 1.18. The molecule has 2 atom stereocenters. The van der Waals surface area contributed by atoms with Crippen LogP contribution in [0.2, 0.25) is 5.15 Å². The summed E-state index contributed by atoms with van der Waals surface area (Å²) in [4.78, 5) is 10.3. The van der Waals surface area contributed by atoms with Crippen LogP contribution in [0.1, 0.15) is 20.3 Å². The summed E-state index contributed by atoms with van der Waals surface area (Å²) in [6, 6.07) is 2.26. The summed E-state index contributed by atoms with van der Waals surface area (Å²) in [5, 5.41) is 0.407. The first-order valence-electron chi connectivity index (χ1n) is 5.13. The molecule has 0 aliphatic carbocycles. The van der Waals surface area contributed by atoms with Crippen molar-refractivity contribution < 1.29 is 0 Å². The first kappa shape index (κ1) is 10.5. The maximum Gasteiger partial charge on any atom is 0.223 e. The largest absolute Gasteiger partial charge is 0.368 e. The van der Waals surface area contributed by atoms with Gasteiger partial charge in [-0.1, -0.05) is 18.5 Å². The number of halogens is 1. The average Bonchev–Trinajstić information content (AvgIpc) is 2.43. The molecule has 0 radical (unpaired) electrons. The van der Waals surface area contributed by atoms with Gasteiger partial charge in [-0.15, -0.1) is 0 Å². The lowest BCUT2D eigenvalue weighted by Crippen LogP contribution is -2.27. The van der Waals surface area contributed by atoms with E-state index in [0.29, 0.717) is 17.1 Å². The van der Waals surface area contributed by atoms with E-state index >= 15 is 0 Å². The highest BCUT2D eigenvalue weighted by Crippen LogP contribution is 2.28. The van der Waals surface area contributed by atoms with Crippen molar-refractivity contribution in [1.82, 2.24) is 9.97 Å². The quantitative estimate of drug-likeness (QED) is 0.744. The molecule has 1 aromatic heterocycles. The van der Waals surface area contributed by atoms with Gasteiger partial charge >= 0.3 is 0 Å². The Kier molecular flexibility index (Phi) is 2.69. The van der Waals surface area contributed by atoms with Gasteiger partial charge in [0.05, 0.1) is 0 Å². The molecular weight excluding hydrogens is 212 g/mol. The zero-order chi connectivity index (χ0) is 11.0. The van der Waals surface area contributed by atoms with E-state index in [2.05, 4.69) is 28.7 Å². The highest BCUT2D eigenvalue weighted by molar-refractivity contribution is 6.29. The van der Waals surface area contributed by atoms with Crippen LogP contribution in [0.4, 0.5) is 11.8 Å². The molecule has 1 aromatic rings. The molecule has 1 aliphatic rings. The molecule has 5 heteroatoms. The molecular formula is C10H15ClN4. The molecule has 1 aliphatic heterocycles. The molecule has 0 spiro atoms. The van der Waals surface area contributed by atoms with Gasteiger partial charge in [0.1, 0.15) is 11.0 Å². The predicted octanol–water partition coefficient (Wildman–Crippen LogP) is 1.95. The van der Waals surface area contributed by atoms with E-state index in [1.165, 1.54) is 6.42 Å². The van der Waals surface area contributed by atoms with E-state index in [9.17, 15) is 0 Å². The zero-order valence-corrected chi connectivity index (χ0v) is 9.70. The van der Waals surface area contributed by atoms with Crippen molar-refractivity contribution in [2.24, 2.45) is 5.92 Å². The van der Waals surface area contributed by atoms with Gasteiger partial charge in [-0.2, -0.15) is 4.98 Å². The Bertz CT molecular complexity index is 348. The minimum absolute atomic E-state index is 0.240. The lowest BCUT2D eigenvalue weighted by Gasteiger charge is -2.22. The number of hydrogen-bond acceptors (Lipinski definition) is 4. The lowest BCUT2D eigenvalue weighted by molar-refractivity contribution is 0.625. The van der Waals surface area contributed by atoms with E-state index in [4.69, 9.17) is 17.3 Å². The van der Waals surface area contributed by atoms with Crippen LogP contribution in [0, 0.1) is 5.92 Å². The third kappa shape index (κ3) is 2.15. The first-order chi connectivity index (χ1) is 7.06. The summed E-state index contributed by atoms with van der Waals surface area (Å²) >= 11 is 5.85. The van der Waals surface area contributed by atoms with Crippen molar-refractivity contribution in [2.45, 2.75) is 26.3 Å². The molecule has 0 amide bonds. The molecule has 4 nitrogen and oxygen atoms in total. The number of aromatic nitrogens is 2. The maximum atomic E-state index is 5.85. The molecule has 2 N–H and O–H groups in total. The second-order valence-electron chi connectivity index (χ2n) is 4.25. The van der Waals surface area contributed by atoms with Crippen molar-refractivity contribution in [3.8, 4) is 0 Å². The molecule has 0 aromatic carbocycles. The number of nitrogen functional groups attached to an aromatic ring is 1. The Morgan fingerprint density at radius 3 is 2.73 bits per heavy atom. The molecule has 1 fully saturated rings. The summed E-state index contributed by atoms with van der Waals surface area (Å²) in [7, 11) is 0. The third-order valence-corrected chi connectivity index (χ3v) is 2.97. The van der Waals surface area contributed by atoms with Gasteiger partial charge in [-0.05, 0) is 19.3 Å². The van der Waals surface area contributed by atoms with Crippen LogP contribution < -0.4 is 10.6 Å². The smallest absolute Gasteiger partial charge is 0.223 e. The Hall–Kier alpha value is -1.03. The topological polar surface area (TPSA) is 55.0 Å². The molecule has 1 saturated heterocycles. The minimum Gasteiger partial charge on any atom is -0.368 e. The number of anilines is 2. The molecule has 2 rings (SSSR count). The molecule has 0 bridgehead atoms. The molecule has 15 heavy (non-hydrogen) atoms. The van der Waals surface area contributed by atoms with Crippen LogP contribution in [-0.4, -0.2) is 22.6 Å². The molecule has 82 valence electrons. The minimum atomic E-state index is 0.240. The maximum absolute atomic E-state index is 5.85. The zero-order valence-electron chi connectivity index (χ0n) is 8.94. The van der Waals surface area contributed by atoms with Crippen LogP contribution >= 0.6 is 11.6 Å². The Labute approximate surface area is 94.5 Å². The van der Waals surface area contributed by atoms with Crippen LogP contribution in [0.3, 0.4) is 0 Å². The second-order valence-corrected chi connectivity index (χ2v) is 4.64. The SMILES string of the molecule is CC1CC(C)N(c2cc(Cl)nc(N)n2)C1. The van der Waals surface area contributed by atoms with Crippen LogP contribution in [-0.2, 0) is 0 Å². The molecule has 0 saturated carbocycles. The van der Waals surface area contributed by atoms with Crippen molar-refractivity contribution in [3.63, 3.8) is 0 Å². The Morgan fingerprint density at radius 2 is 2.20 bits per heavy atom. The molecule has 2 unspecified atom stereocenters. The van der Waals surface area contributed by atoms with Crippen LogP contribution in [0.25, 0.3) is 0 Å². The highest BCUT2D eigenvalue weighted by Gasteiger charge is 2.27. The third-order valence-electron chi connectivity index (χ3n) is 2.78. The lowest BCUT2D eigenvalue weighted by atomic mass is 10.1. The number of nitrogens with two attached hydrogens (primary N) is 1. The first-order valence-corrected chi connectivity index (χ1v) is 5.50. The molecule has 2 heterocycles. The van der Waals surface area contributed by atoms with Gasteiger partial charge in [0.25, 0.3) is 0 Å². The van der Waals surface area contributed by atoms with Crippen molar-refractivity contribution >= 4 is 23.4 Å². The summed E-state index contributed by atoms with van der Waals surface area (Å²) in [5.41, 5.74) is 5.57. The van der Waals surface area contributed by atoms with Crippen molar-refractivity contribution in [3.05, 3.63) is 11.2 Å². The van der Waals surface area contributed by atoms with Gasteiger partial charge in [-0.3, -0.25) is 0 Å². The van der Waals surface area contributed by atoms with E-state index in [-0.39, 0.29) is 5.95 Å². The predicted molar refractivity (Wildman–Crippen MR) is 62.0 cm³/mol. The van der Waals surface area contributed by atoms with Gasteiger partial charge in [0.15, 0.2) is 0 Å². The monoisotopic (exact) mass is 226 g/mol. The Balaban J connectivity index is 2.29. The van der Waals surface area contributed by atoms with Gasteiger partial charge in [-0.25, -0.2) is 4.98 Å². The normalized spacial score (nSPS) is 25.9. The van der Waals surface area contributed by atoms with E-state index in [1.54, 1.807) is 6.07 Å². The van der Waals surface area contributed by atoms with Crippen molar-refractivity contribution in [1.29, 1.82) is 0 Å². The average molecular weight is 227 g/mol. The van der Waals surface area contributed by atoms with Crippen LogP contribution in [0.5, 0.6) is 0 Å². The Morgan fingerprint density at radius 1 is 1.47 bits per heavy atom. The van der Waals surface area contributed by atoms with E-state index < -0.39 is 0 Å². The fraction of sp³-hybridized carbons (Fsp3) is 0.600. The second kappa shape index (κ2) is 3.85.